The van der Waals surface area contributed by atoms with Crippen LogP contribution in [0.5, 0.6) is 0 Å². The molecule has 1 aliphatic heterocycles. The Morgan fingerprint density at radius 2 is 1.68 bits per heavy atom. The van der Waals surface area contributed by atoms with Gasteiger partial charge in [0.25, 0.3) is 11.8 Å². The van der Waals surface area contributed by atoms with Crippen LogP contribution in [0.4, 0.5) is 4.79 Å². The zero-order chi connectivity index (χ0) is 24.5. The Bertz CT molecular complexity index is 1220. The molecule has 0 bridgehead atoms. The Morgan fingerprint density at radius 3 is 2.32 bits per heavy atom. The highest BCUT2D eigenvalue weighted by molar-refractivity contribution is 6.08. The van der Waals surface area contributed by atoms with E-state index in [1.54, 1.807) is 38.2 Å². The molecule has 9 heteroatoms. The lowest BCUT2D eigenvalue weighted by Gasteiger charge is -2.22. The van der Waals surface area contributed by atoms with E-state index in [2.05, 4.69) is 15.8 Å². The maximum Gasteiger partial charge on any atom is 0.344 e. The Hall–Kier alpha value is -3.98. The van der Waals surface area contributed by atoms with Gasteiger partial charge in [-0.05, 0) is 45.5 Å². The van der Waals surface area contributed by atoms with Crippen molar-refractivity contribution < 1.29 is 14.4 Å². The van der Waals surface area contributed by atoms with Crippen molar-refractivity contribution in [2.75, 3.05) is 13.6 Å². The highest BCUT2D eigenvalue weighted by Gasteiger charge is 2.49. The molecule has 2 N–H and O–H groups in total. The highest BCUT2D eigenvalue weighted by atomic mass is 16.2. The molecule has 0 saturated carbocycles. The van der Waals surface area contributed by atoms with Crippen molar-refractivity contribution in [1.29, 1.82) is 0 Å². The molecule has 3 aromatic rings. The number of carbonyl (C=O) groups excluding carboxylic acids is 3. The molecule has 0 unspecified atom stereocenters. The molecule has 4 amide bonds. The number of para-hydroxylation sites is 1. The minimum absolute atomic E-state index is 0.00545. The zero-order valence-corrected chi connectivity index (χ0v) is 19.7. The fraction of sp³-hybridized carbons (Fsp3) is 0.280. The summed E-state index contributed by atoms with van der Waals surface area (Å²) in [5.41, 5.74) is 5.71. The van der Waals surface area contributed by atoms with E-state index in [1.807, 2.05) is 59.8 Å². The van der Waals surface area contributed by atoms with E-state index < -0.39 is 23.4 Å². The molecular formula is C25H28N6O3. The number of nitrogens with zero attached hydrogens (tertiary/aromatic N) is 4. The standard InChI is InChI=1S/C25H28N6O3/c1-17-21(18(2)30(27-17)20-13-9-6-10-14-20)15-29(4)16-22(32)28-31-23(33)25(3,26-24(31)34)19-11-7-5-8-12-19/h5-14H,15-16H2,1-4H3,(H,26,34)(H,28,32)/t25-/m0/s1. The van der Waals surface area contributed by atoms with Gasteiger partial charge in [0, 0.05) is 17.8 Å². The van der Waals surface area contributed by atoms with Crippen LogP contribution in [0.15, 0.2) is 60.7 Å². The molecule has 0 aliphatic carbocycles. The van der Waals surface area contributed by atoms with Gasteiger partial charge in [-0.3, -0.25) is 19.9 Å². The van der Waals surface area contributed by atoms with E-state index in [-0.39, 0.29) is 6.54 Å². The molecule has 34 heavy (non-hydrogen) atoms. The monoisotopic (exact) mass is 460 g/mol. The fourth-order valence-corrected chi connectivity index (χ4v) is 4.16. The average molecular weight is 461 g/mol. The van der Waals surface area contributed by atoms with Gasteiger partial charge in [-0.25, -0.2) is 9.48 Å². The minimum atomic E-state index is -1.24. The first-order valence-electron chi connectivity index (χ1n) is 11.0. The number of likely N-dealkylation sites (N-methyl/N-ethyl adjacent to an activating group) is 1. The lowest BCUT2D eigenvalue weighted by Crippen LogP contribution is -2.50. The van der Waals surface area contributed by atoms with Crippen LogP contribution in [0, 0.1) is 13.8 Å². The second-order valence-corrected chi connectivity index (χ2v) is 8.67. The van der Waals surface area contributed by atoms with Gasteiger partial charge in [0.05, 0.1) is 17.9 Å². The molecule has 0 spiro atoms. The molecule has 2 aromatic carbocycles. The first kappa shape index (κ1) is 23.2. The molecule has 1 aliphatic rings. The SMILES string of the molecule is Cc1nn(-c2ccccc2)c(C)c1CN(C)CC(=O)NN1C(=O)N[C@@](C)(c2ccccc2)C1=O. The molecule has 1 fully saturated rings. The number of nitrogens with one attached hydrogen (secondary N) is 2. The first-order chi connectivity index (χ1) is 16.2. The summed E-state index contributed by atoms with van der Waals surface area (Å²) in [6, 6.07) is 18.1. The predicted molar refractivity (Wildman–Crippen MR) is 127 cm³/mol. The number of aryl methyl sites for hydroxylation is 1. The van der Waals surface area contributed by atoms with Crippen LogP contribution < -0.4 is 10.7 Å². The Labute approximate surface area is 198 Å². The van der Waals surface area contributed by atoms with E-state index in [1.165, 1.54) is 0 Å². The predicted octanol–water partition coefficient (Wildman–Crippen LogP) is 2.42. The summed E-state index contributed by atoms with van der Waals surface area (Å²) in [5.74, 6) is -0.996. The first-order valence-corrected chi connectivity index (χ1v) is 11.0. The number of imide groups is 1. The largest absolute Gasteiger partial charge is 0.344 e. The molecule has 0 radical (unpaired) electrons. The van der Waals surface area contributed by atoms with Gasteiger partial charge in [-0.15, -0.1) is 0 Å². The average Bonchev–Trinajstić information content (AvgIpc) is 3.22. The van der Waals surface area contributed by atoms with Gasteiger partial charge >= 0.3 is 6.03 Å². The molecule has 2 heterocycles. The van der Waals surface area contributed by atoms with Crippen LogP contribution in [0.1, 0.15) is 29.4 Å². The number of benzene rings is 2. The number of aromatic nitrogens is 2. The number of hydrogen-bond acceptors (Lipinski definition) is 5. The second-order valence-electron chi connectivity index (χ2n) is 8.67. The van der Waals surface area contributed by atoms with E-state index in [4.69, 9.17) is 0 Å². The van der Waals surface area contributed by atoms with Gasteiger partial charge in [0.2, 0.25) is 0 Å². The van der Waals surface area contributed by atoms with E-state index in [9.17, 15) is 14.4 Å². The van der Waals surface area contributed by atoms with Crippen molar-refractivity contribution >= 4 is 17.8 Å². The van der Waals surface area contributed by atoms with Gasteiger partial charge in [-0.2, -0.15) is 10.1 Å². The number of urea groups is 1. The molecule has 176 valence electrons. The van der Waals surface area contributed by atoms with Gasteiger partial charge in [0.1, 0.15) is 5.54 Å². The maximum atomic E-state index is 13.0. The highest BCUT2D eigenvalue weighted by Crippen LogP contribution is 2.27. The van der Waals surface area contributed by atoms with Gasteiger partial charge in [-0.1, -0.05) is 48.5 Å². The summed E-state index contributed by atoms with van der Waals surface area (Å²) in [7, 11) is 1.80. The summed E-state index contributed by atoms with van der Waals surface area (Å²) < 4.78 is 1.89. The Morgan fingerprint density at radius 1 is 1.06 bits per heavy atom. The van der Waals surface area contributed by atoms with Crippen molar-refractivity contribution in [3.63, 3.8) is 0 Å². The molecule has 1 aromatic heterocycles. The van der Waals surface area contributed by atoms with Crippen molar-refractivity contribution in [2.45, 2.75) is 32.9 Å². The smallest absolute Gasteiger partial charge is 0.318 e. The van der Waals surface area contributed by atoms with E-state index in [0.717, 1.165) is 27.6 Å². The summed E-state index contributed by atoms with van der Waals surface area (Å²) >= 11 is 0. The number of rotatable bonds is 7. The quantitative estimate of drug-likeness (QED) is 0.528. The molecule has 1 saturated heterocycles. The molecule has 4 rings (SSSR count). The number of hydrogen-bond donors (Lipinski definition) is 2. The minimum Gasteiger partial charge on any atom is -0.318 e. The van der Waals surface area contributed by atoms with Crippen molar-refractivity contribution in [1.82, 2.24) is 30.4 Å². The number of carbonyl (C=O) groups is 3. The van der Waals surface area contributed by atoms with Crippen LogP contribution in [-0.2, 0) is 21.7 Å². The van der Waals surface area contributed by atoms with Crippen LogP contribution >= 0.6 is 0 Å². The van der Waals surface area contributed by atoms with Crippen molar-refractivity contribution in [2.24, 2.45) is 0 Å². The third-order valence-corrected chi connectivity index (χ3v) is 6.06. The fourth-order valence-electron chi connectivity index (χ4n) is 4.16. The van der Waals surface area contributed by atoms with E-state index >= 15 is 0 Å². The van der Waals surface area contributed by atoms with Crippen LogP contribution in [-0.4, -0.2) is 51.1 Å². The van der Waals surface area contributed by atoms with Gasteiger partial charge < -0.3 is 5.32 Å². The lowest BCUT2D eigenvalue weighted by molar-refractivity contribution is -0.139. The summed E-state index contributed by atoms with van der Waals surface area (Å²) in [6.45, 7) is 6.03. The third kappa shape index (κ3) is 4.29. The second kappa shape index (κ2) is 9.11. The zero-order valence-electron chi connectivity index (χ0n) is 19.7. The molecular weight excluding hydrogens is 432 g/mol. The van der Waals surface area contributed by atoms with Crippen LogP contribution in [0.25, 0.3) is 5.69 Å². The number of hydrazine groups is 1. The third-order valence-electron chi connectivity index (χ3n) is 6.06. The number of amides is 4. The lowest BCUT2D eigenvalue weighted by atomic mass is 9.92. The van der Waals surface area contributed by atoms with Gasteiger partial charge in [0.15, 0.2) is 0 Å². The summed E-state index contributed by atoms with van der Waals surface area (Å²) in [6.07, 6.45) is 0. The maximum absolute atomic E-state index is 13.0. The van der Waals surface area contributed by atoms with Crippen molar-refractivity contribution in [3.05, 3.63) is 83.2 Å². The van der Waals surface area contributed by atoms with E-state index in [0.29, 0.717) is 12.1 Å². The normalized spacial score (nSPS) is 17.9. The topological polar surface area (TPSA) is 99.6 Å². The van der Waals surface area contributed by atoms with Crippen LogP contribution in [0.2, 0.25) is 0 Å². The summed E-state index contributed by atoms with van der Waals surface area (Å²) in [5, 5.41) is 8.08. The molecule has 9 nitrogen and oxygen atoms in total. The molecule has 1 atom stereocenters. The Balaban J connectivity index is 1.41. The summed E-state index contributed by atoms with van der Waals surface area (Å²) in [4.78, 5) is 40.0. The van der Waals surface area contributed by atoms with Crippen molar-refractivity contribution in [3.8, 4) is 5.69 Å². The Kier molecular flexibility index (Phi) is 6.21. The van der Waals surface area contributed by atoms with Crippen LogP contribution in [0.3, 0.4) is 0 Å².